The summed E-state index contributed by atoms with van der Waals surface area (Å²) in [6.45, 7) is 5.44. The number of para-hydroxylation sites is 1. The van der Waals surface area contributed by atoms with E-state index in [1.165, 1.54) is 24.3 Å². The zero-order valence-corrected chi connectivity index (χ0v) is 18.0. The number of halogens is 1. The lowest BCUT2D eigenvalue weighted by atomic mass is 9.98. The van der Waals surface area contributed by atoms with Crippen LogP contribution < -0.4 is 10.2 Å². The summed E-state index contributed by atoms with van der Waals surface area (Å²) in [4.78, 5) is 29.8. The molecule has 6 heteroatoms. The molecule has 2 fully saturated rings. The van der Waals surface area contributed by atoms with Gasteiger partial charge < -0.3 is 15.1 Å². The van der Waals surface area contributed by atoms with Crippen LogP contribution in [0.1, 0.15) is 53.3 Å². The van der Waals surface area contributed by atoms with Crippen molar-refractivity contribution in [1.82, 2.24) is 10.2 Å². The minimum absolute atomic E-state index is 0.0697. The molecule has 0 bridgehead atoms. The molecule has 0 unspecified atom stereocenters. The molecule has 2 aliphatic rings. The summed E-state index contributed by atoms with van der Waals surface area (Å²) in [6.07, 6.45) is 3.73. The number of hydrogen-bond donors (Lipinski definition) is 1. The Morgan fingerprint density at radius 3 is 2.23 bits per heavy atom. The van der Waals surface area contributed by atoms with Gasteiger partial charge in [-0.2, -0.15) is 0 Å². The minimum Gasteiger partial charge on any atom is -0.371 e. The highest BCUT2D eigenvalue weighted by Crippen LogP contribution is 2.27. The summed E-state index contributed by atoms with van der Waals surface area (Å²) in [5.74, 6) is 0.281. The summed E-state index contributed by atoms with van der Waals surface area (Å²) in [7, 11) is 0. The molecular formula is C25H30FN3O2. The first-order valence-electron chi connectivity index (χ1n) is 11.2. The van der Waals surface area contributed by atoms with E-state index in [1.54, 1.807) is 0 Å². The number of carbonyl (C=O) groups excluding carboxylic acids is 2. The standard InChI is InChI=1S/C25H30FN3O2/c1-18-10-14-29(15-11-18)25(31)22-4-2-3-5-23(22)28-16-12-21(13-17-28)27-24(30)19-6-8-20(26)9-7-19/h2-9,18,21H,10-17H2,1H3,(H,27,30). The largest absolute Gasteiger partial charge is 0.371 e. The van der Waals surface area contributed by atoms with Gasteiger partial charge in [0.2, 0.25) is 0 Å². The topological polar surface area (TPSA) is 52.7 Å². The Hall–Kier alpha value is -2.89. The number of amides is 2. The van der Waals surface area contributed by atoms with Crippen LogP contribution in [0.4, 0.5) is 10.1 Å². The van der Waals surface area contributed by atoms with E-state index in [9.17, 15) is 14.0 Å². The highest BCUT2D eigenvalue weighted by molar-refractivity contribution is 6.00. The molecule has 5 nitrogen and oxygen atoms in total. The first kappa shape index (κ1) is 21.3. The van der Waals surface area contributed by atoms with Crippen LogP contribution in [0.5, 0.6) is 0 Å². The lowest BCUT2D eigenvalue weighted by Crippen LogP contribution is -2.45. The van der Waals surface area contributed by atoms with Crippen LogP contribution in [-0.4, -0.2) is 48.9 Å². The van der Waals surface area contributed by atoms with Gasteiger partial charge in [0.1, 0.15) is 5.82 Å². The van der Waals surface area contributed by atoms with Crippen LogP contribution in [0.15, 0.2) is 48.5 Å². The molecular weight excluding hydrogens is 393 g/mol. The molecule has 164 valence electrons. The van der Waals surface area contributed by atoms with Crippen molar-refractivity contribution < 1.29 is 14.0 Å². The van der Waals surface area contributed by atoms with Crippen molar-refractivity contribution in [3.05, 3.63) is 65.5 Å². The Morgan fingerprint density at radius 2 is 1.55 bits per heavy atom. The SMILES string of the molecule is CC1CCN(C(=O)c2ccccc2N2CCC(NC(=O)c3ccc(F)cc3)CC2)CC1. The van der Waals surface area contributed by atoms with E-state index in [2.05, 4.69) is 17.1 Å². The predicted octanol–water partition coefficient (Wildman–Crippen LogP) is 4.10. The van der Waals surface area contributed by atoms with E-state index in [1.807, 2.05) is 29.2 Å². The molecule has 0 aliphatic carbocycles. The normalized spacial score (nSPS) is 18.1. The minimum atomic E-state index is -0.350. The van der Waals surface area contributed by atoms with Gasteiger partial charge in [-0.15, -0.1) is 0 Å². The Balaban J connectivity index is 1.37. The van der Waals surface area contributed by atoms with Crippen LogP contribution in [0, 0.1) is 11.7 Å². The fourth-order valence-electron chi connectivity index (χ4n) is 4.45. The van der Waals surface area contributed by atoms with Gasteiger partial charge in [-0.25, -0.2) is 4.39 Å². The van der Waals surface area contributed by atoms with Crippen molar-refractivity contribution in [3.63, 3.8) is 0 Å². The molecule has 0 saturated carbocycles. The van der Waals surface area contributed by atoms with E-state index in [0.717, 1.165) is 63.1 Å². The number of rotatable bonds is 4. The van der Waals surface area contributed by atoms with Crippen LogP contribution in [0.2, 0.25) is 0 Å². The molecule has 0 aromatic heterocycles. The van der Waals surface area contributed by atoms with E-state index in [-0.39, 0.29) is 23.7 Å². The average molecular weight is 424 g/mol. The van der Waals surface area contributed by atoms with Gasteiger partial charge in [0, 0.05) is 43.5 Å². The Morgan fingerprint density at radius 1 is 0.903 bits per heavy atom. The number of nitrogens with zero attached hydrogens (tertiary/aromatic N) is 2. The number of nitrogens with one attached hydrogen (secondary N) is 1. The zero-order chi connectivity index (χ0) is 21.8. The molecule has 31 heavy (non-hydrogen) atoms. The smallest absolute Gasteiger partial charge is 0.255 e. The molecule has 1 N–H and O–H groups in total. The van der Waals surface area contributed by atoms with Crippen molar-refractivity contribution in [1.29, 1.82) is 0 Å². The fraction of sp³-hybridized carbons (Fsp3) is 0.440. The fourth-order valence-corrected chi connectivity index (χ4v) is 4.45. The molecule has 0 atom stereocenters. The third kappa shape index (κ3) is 5.06. The molecule has 0 spiro atoms. The number of likely N-dealkylation sites (tertiary alicyclic amines) is 1. The van der Waals surface area contributed by atoms with Crippen molar-refractivity contribution in [2.24, 2.45) is 5.92 Å². The number of hydrogen-bond acceptors (Lipinski definition) is 3. The van der Waals surface area contributed by atoms with Crippen LogP contribution >= 0.6 is 0 Å². The number of benzene rings is 2. The van der Waals surface area contributed by atoms with E-state index in [0.29, 0.717) is 11.5 Å². The van der Waals surface area contributed by atoms with E-state index < -0.39 is 0 Å². The number of carbonyl (C=O) groups is 2. The van der Waals surface area contributed by atoms with Crippen LogP contribution in [0.3, 0.4) is 0 Å². The molecule has 2 heterocycles. The van der Waals surface area contributed by atoms with Crippen molar-refractivity contribution >= 4 is 17.5 Å². The lowest BCUT2D eigenvalue weighted by Gasteiger charge is -2.36. The Labute approximate surface area is 183 Å². The van der Waals surface area contributed by atoms with Gasteiger partial charge in [0.05, 0.1) is 5.56 Å². The average Bonchev–Trinajstić information content (AvgIpc) is 2.80. The maximum absolute atomic E-state index is 13.2. The van der Waals surface area contributed by atoms with Gasteiger partial charge in [0.15, 0.2) is 0 Å². The van der Waals surface area contributed by atoms with Gasteiger partial charge >= 0.3 is 0 Å². The highest BCUT2D eigenvalue weighted by Gasteiger charge is 2.27. The second-order valence-corrected chi connectivity index (χ2v) is 8.73. The van der Waals surface area contributed by atoms with Crippen molar-refractivity contribution in [2.75, 3.05) is 31.1 Å². The molecule has 2 aliphatic heterocycles. The molecule has 2 saturated heterocycles. The molecule has 4 rings (SSSR count). The first-order chi connectivity index (χ1) is 15.0. The molecule has 2 aromatic carbocycles. The maximum atomic E-state index is 13.2. The summed E-state index contributed by atoms with van der Waals surface area (Å²) in [6, 6.07) is 13.5. The van der Waals surface area contributed by atoms with Crippen LogP contribution in [0.25, 0.3) is 0 Å². The maximum Gasteiger partial charge on any atom is 0.255 e. The zero-order valence-electron chi connectivity index (χ0n) is 18.0. The van der Waals surface area contributed by atoms with Gasteiger partial charge in [-0.05, 0) is 68.0 Å². The Kier molecular flexibility index (Phi) is 6.54. The summed E-state index contributed by atoms with van der Waals surface area (Å²) >= 11 is 0. The highest BCUT2D eigenvalue weighted by atomic mass is 19.1. The van der Waals surface area contributed by atoms with Gasteiger partial charge in [-0.1, -0.05) is 19.1 Å². The van der Waals surface area contributed by atoms with Crippen molar-refractivity contribution in [2.45, 2.75) is 38.6 Å². The predicted molar refractivity (Wildman–Crippen MR) is 120 cm³/mol. The van der Waals surface area contributed by atoms with Gasteiger partial charge in [-0.3, -0.25) is 9.59 Å². The third-order valence-corrected chi connectivity index (χ3v) is 6.48. The second-order valence-electron chi connectivity index (χ2n) is 8.73. The third-order valence-electron chi connectivity index (χ3n) is 6.48. The number of piperidine rings is 2. The van der Waals surface area contributed by atoms with Crippen LogP contribution in [-0.2, 0) is 0 Å². The van der Waals surface area contributed by atoms with E-state index >= 15 is 0 Å². The molecule has 2 amide bonds. The first-order valence-corrected chi connectivity index (χ1v) is 11.2. The molecule has 0 radical (unpaired) electrons. The summed E-state index contributed by atoms with van der Waals surface area (Å²) in [5.41, 5.74) is 2.22. The summed E-state index contributed by atoms with van der Waals surface area (Å²) in [5, 5.41) is 3.06. The van der Waals surface area contributed by atoms with Gasteiger partial charge in [0.25, 0.3) is 11.8 Å². The lowest BCUT2D eigenvalue weighted by molar-refractivity contribution is 0.0697. The Bertz CT molecular complexity index is 915. The van der Waals surface area contributed by atoms with E-state index in [4.69, 9.17) is 0 Å². The summed E-state index contributed by atoms with van der Waals surface area (Å²) < 4.78 is 13.1. The quantitative estimate of drug-likeness (QED) is 0.806. The second kappa shape index (κ2) is 9.50. The molecule has 2 aromatic rings. The monoisotopic (exact) mass is 423 g/mol. The number of anilines is 1. The van der Waals surface area contributed by atoms with Crippen molar-refractivity contribution in [3.8, 4) is 0 Å².